The zero-order valence-electron chi connectivity index (χ0n) is 11.1. The van der Waals surface area contributed by atoms with E-state index in [0.717, 1.165) is 22.8 Å². The largest absolute Gasteiger partial charge is 0.254 e. The smallest absolute Gasteiger partial charge is 0.122 e. The highest BCUT2D eigenvalue weighted by atomic mass is 32.2. The second kappa shape index (κ2) is 6.01. The maximum atomic E-state index is 4.63. The Morgan fingerprint density at radius 3 is 2.50 bits per heavy atom. The van der Waals surface area contributed by atoms with E-state index in [1.165, 1.54) is 4.90 Å². The highest BCUT2D eigenvalue weighted by Crippen LogP contribution is 2.27. The van der Waals surface area contributed by atoms with Gasteiger partial charge in [-0.05, 0) is 31.4 Å². The van der Waals surface area contributed by atoms with Crippen LogP contribution in [0.15, 0.2) is 46.5 Å². The van der Waals surface area contributed by atoms with Gasteiger partial charge in [-0.3, -0.25) is 4.98 Å². The number of benzene rings is 1. The normalized spacial score (nSPS) is 10.9. The fraction of sp³-hybridized carbons (Fsp3) is 0.333. The standard InChI is InChI=1S/C15H18N2S/c1-11(2)9-13-10-16-15(12(3)17-13)18-14-7-5-4-6-8-14/h4-8,10-11H,9H2,1-3H3. The summed E-state index contributed by atoms with van der Waals surface area (Å²) in [5, 5.41) is 0.994. The SMILES string of the molecule is Cc1nc(CC(C)C)cnc1Sc1ccccc1. The van der Waals surface area contributed by atoms with E-state index in [0.29, 0.717) is 5.92 Å². The highest BCUT2D eigenvalue weighted by molar-refractivity contribution is 7.99. The second-order valence-corrected chi connectivity index (χ2v) is 5.83. The molecule has 94 valence electrons. The Kier molecular flexibility index (Phi) is 4.37. The van der Waals surface area contributed by atoms with Crippen molar-refractivity contribution in [1.29, 1.82) is 0 Å². The van der Waals surface area contributed by atoms with Crippen LogP contribution in [0.3, 0.4) is 0 Å². The summed E-state index contributed by atoms with van der Waals surface area (Å²) in [4.78, 5) is 10.4. The van der Waals surface area contributed by atoms with E-state index in [4.69, 9.17) is 0 Å². The molecule has 1 aromatic carbocycles. The molecule has 2 rings (SSSR count). The fourth-order valence-electron chi connectivity index (χ4n) is 1.74. The highest BCUT2D eigenvalue weighted by Gasteiger charge is 2.06. The average molecular weight is 258 g/mol. The predicted molar refractivity (Wildman–Crippen MR) is 75.9 cm³/mol. The molecule has 2 aromatic rings. The first-order valence-electron chi connectivity index (χ1n) is 6.20. The Labute approximate surface area is 113 Å². The molecule has 0 bridgehead atoms. The summed E-state index contributed by atoms with van der Waals surface area (Å²) in [6.45, 7) is 6.43. The molecule has 0 aliphatic heterocycles. The van der Waals surface area contributed by atoms with Crippen molar-refractivity contribution >= 4 is 11.8 Å². The van der Waals surface area contributed by atoms with Crippen molar-refractivity contribution in [2.45, 2.75) is 37.1 Å². The Hall–Kier alpha value is -1.35. The van der Waals surface area contributed by atoms with Crippen LogP contribution < -0.4 is 0 Å². The van der Waals surface area contributed by atoms with Crippen molar-refractivity contribution in [2.75, 3.05) is 0 Å². The zero-order chi connectivity index (χ0) is 13.0. The monoisotopic (exact) mass is 258 g/mol. The number of hydrogen-bond donors (Lipinski definition) is 0. The Balaban J connectivity index is 2.15. The summed E-state index contributed by atoms with van der Waals surface area (Å²) in [5.74, 6) is 0.617. The molecule has 3 heteroatoms. The van der Waals surface area contributed by atoms with Gasteiger partial charge in [-0.1, -0.05) is 43.8 Å². The van der Waals surface area contributed by atoms with Crippen molar-refractivity contribution in [3.05, 3.63) is 47.9 Å². The molecule has 0 saturated carbocycles. The molecule has 0 aliphatic carbocycles. The van der Waals surface area contributed by atoms with Crippen LogP contribution in [0.2, 0.25) is 0 Å². The minimum Gasteiger partial charge on any atom is -0.254 e. The summed E-state index contributed by atoms with van der Waals surface area (Å²) in [7, 11) is 0. The van der Waals surface area contributed by atoms with Gasteiger partial charge in [-0.2, -0.15) is 0 Å². The maximum absolute atomic E-state index is 4.63. The van der Waals surface area contributed by atoms with E-state index in [9.17, 15) is 0 Å². The zero-order valence-corrected chi connectivity index (χ0v) is 11.9. The molecule has 0 fully saturated rings. The molecule has 0 atom stereocenters. The molecule has 0 spiro atoms. The molecule has 0 radical (unpaired) electrons. The van der Waals surface area contributed by atoms with Crippen LogP contribution in [0, 0.1) is 12.8 Å². The summed E-state index contributed by atoms with van der Waals surface area (Å²) in [6, 6.07) is 10.3. The molecule has 0 amide bonds. The molecule has 0 unspecified atom stereocenters. The molecular formula is C15H18N2S. The quantitative estimate of drug-likeness (QED) is 0.824. The van der Waals surface area contributed by atoms with E-state index in [-0.39, 0.29) is 0 Å². The van der Waals surface area contributed by atoms with E-state index in [2.05, 4.69) is 35.9 Å². The molecular weight excluding hydrogens is 240 g/mol. The predicted octanol–water partition coefficient (Wildman–Crippen LogP) is 4.13. The first-order chi connectivity index (χ1) is 8.65. The summed E-state index contributed by atoms with van der Waals surface area (Å²) in [6.07, 6.45) is 2.89. The average Bonchev–Trinajstić information content (AvgIpc) is 2.33. The van der Waals surface area contributed by atoms with E-state index in [1.54, 1.807) is 11.8 Å². The number of aryl methyl sites for hydroxylation is 1. The third kappa shape index (κ3) is 3.57. The number of aromatic nitrogens is 2. The van der Waals surface area contributed by atoms with E-state index >= 15 is 0 Å². The Morgan fingerprint density at radius 2 is 1.89 bits per heavy atom. The van der Waals surface area contributed by atoms with Gasteiger partial charge in [0, 0.05) is 11.1 Å². The lowest BCUT2D eigenvalue weighted by molar-refractivity contribution is 0.629. The molecule has 0 aliphatic rings. The van der Waals surface area contributed by atoms with Crippen LogP contribution in [0.4, 0.5) is 0 Å². The lowest BCUT2D eigenvalue weighted by Crippen LogP contribution is -2.01. The molecule has 0 N–H and O–H groups in total. The minimum absolute atomic E-state index is 0.617. The molecule has 0 saturated heterocycles. The first-order valence-corrected chi connectivity index (χ1v) is 7.02. The third-order valence-electron chi connectivity index (χ3n) is 2.53. The van der Waals surface area contributed by atoms with Gasteiger partial charge in [0.05, 0.1) is 11.4 Å². The van der Waals surface area contributed by atoms with Gasteiger partial charge in [-0.15, -0.1) is 0 Å². The summed E-state index contributed by atoms with van der Waals surface area (Å²) in [5.41, 5.74) is 2.10. The van der Waals surface area contributed by atoms with Gasteiger partial charge >= 0.3 is 0 Å². The summed E-state index contributed by atoms with van der Waals surface area (Å²) < 4.78 is 0. The van der Waals surface area contributed by atoms with Gasteiger partial charge in [-0.25, -0.2) is 4.98 Å². The van der Waals surface area contributed by atoms with E-state index in [1.807, 2.05) is 31.3 Å². The van der Waals surface area contributed by atoms with Crippen molar-refractivity contribution in [3.8, 4) is 0 Å². The minimum atomic E-state index is 0.617. The van der Waals surface area contributed by atoms with Crippen LogP contribution >= 0.6 is 11.8 Å². The van der Waals surface area contributed by atoms with Crippen molar-refractivity contribution in [2.24, 2.45) is 5.92 Å². The van der Waals surface area contributed by atoms with Crippen molar-refractivity contribution < 1.29 is 0 Å². The van der Waals surface area contributed by atoms with Crippen LogP contribution in [0.25, 0.3) is 0 Å². The number of rotatable bonds is 4. The first kappa shape index (κ1) is 13.1. The summed E-state index contributed by atoms with van der Waals surface area (Å²) >= 11 is 1.67. The maximum Gasteiger partial charge on any atom is 0.122 e. The lowest BCUT2D eigenvalue weighted by Gasteiger charge is -2.08. The van der Waals surface area contributed by atoms with Gasteiger partial charge < -0.3 is 0 Å². The fourth-order valence-corrected chi connectivity index (χ4v) is 2.55. The van der Waals surface area contributed by atoms with E-state index < -0.39 is 0 Å². The van der Waals surface area contributed by atoms with Gasteiger partial charge in [0.1, 0.15) is 5.03 Å². The van der Waals surface area contributed by atoms with Crippen LogP contribution in [-0.2, 0) is 6.42 Å². The molecule has 1 heterocycles. The van der Waals surface area contributed by atoms with Crippen LogP contribution in [0.5, 0.6) is 0 Å². The van der Waals surface area contributed by atoms with Crippen molar-refractivity contribution in [3.63, 3.8) is 0 Å². The molecule has 2 nitrogen and oxygen atoms in total. The van der Waals surface area contributed by atoms with Crippen LogP contribution in [0.1, 0.15) is 25.2 Å². The third-order valence-corrected chi connectivity index (χ3v) is 3.63. The lowest BCUT2D eigenvalue weighted by atomic mass is 10.1. The van der Waals surface area contributed by atoms with Crippen LogP contribution in [-0.4, -0.2) is 9.97 Å². The van der Waals surface area contributed by atoms with Gasteiger partial charge in [0.15, 0.2) is 0 Å². The topological polar surface area (TPSA) is 25.8 Å². The number of nitrogens with zero attached hydrogens (tertiary/aromatic N) is 2. The Bertz CT molecular complexity index is 509. The second-order valence-electron chi connectivity index (χ2n) is 4.76. The molecule has 18 heavy (non-hydrogen) atoms. The molecule has 1 aromatic heterocycles. The van der Waals surface area contributed by atoms with Gasteiger partial charge in [0.25, 0.3) is 0 Å². The number of hydrogen-bond acceptors (Lipinski definition) is 3. The Morgan fingerprint density at radius 1 is 1.17 bits per heavy atom. The van der Waals surface area contributed by atoms with Crippen molar-refractivity contribution in [1.82, 2.24) is 9.97 Å². The van der Waals surface area contributed by atoms with Gasteiger partial charge in [0.2, 0.25) is 0 Å².